The second-order valence-electron chi connectivity index (χ2n) is 6.32. The first-order valence-corrected chi connectivity index (χ1v) is 8.71. The van der Waals surface area contributed by atoms with Crippen LogP contribution < -0.4 is 11.1 Å². The fourth-order valence-electron chi connectivity index (χ4n) is 3.14. The van der Waals surface area contributed by atoms with Crippen LogP contribution in [0.3, 0.4) is 0 Å². The molecule has 3 rings (SSSR count). The van der Waals surface area contributed by atoms with Crippen LogP contribution >= 0.6 is 11.3 Å². The van der Waals surface area contributed by atoms with Crippen LogP contribution in [0.15, 0.2) is 6.07 Å². The molecule has 0 bridgehead atoms. The molecular formula is C16H24N4S. The second kappa shape index (κ2) is 5.79. The minimum Gasteiger partial charge on any atom is -0.368 e. The molecular weight excluding hydrogens is 280 g/mol. The van der Waals surface area contributed by atoms with Crippen LogP contribution in [0.5, 0.6) is 0 Å². The van der Waals surface area contributed by atoms with E-state index >= 15 is 0 Å². The molecule has 1 aliphatic rings. The summed E-state index contributed by atoms with van der Waals surface area (Å²) in [4.78, 5) is 11.2. The molecule has 0 spiro atoms. The van der Waals surface area contributed by atoms with Gasteiger partial charge in [-0.15, -0.1) is 11.3 Å². The number of nitrogen functional groups attached to an aromatic ring is 1. The predicted molar refractivity (Wildman–Crippen MR) is 90.8 cm³/mol. The molecule has 3 N–H and O–H groups in total. The standard InChI is InChI=1S/C16H24N4S/c1-4-12-8-13-14(19-16(17)20-15(13)21-12)18-11-6-5-9(2)10(3)7-11/h8-11H,4-7H2,1-3H3,(H3,17,18,19,20). The van der Waals surface area contributed by atoms with Crippen LogP contribution in [0.1, 0.15) is 44.9 Å². The lowest BCUT2D eigenvalue weighted by Gasteiger charge is -2.32. The first kappa shape index (κ1) is 14.6. The Labute approximate surface area is 130 Å². The molecule has 4 nitrogen and oxygen atoms in total. The zero-order valence-electron chi connectivity index (χ0n) is 13.0. The molecule has 0 radical (unpaired) electrons. The number of nitrogens with two attached hydrogens (primary N) is 1. The van der Waals surface area contributed by atoms with Gasteiger partial charge in [0, 0.05) is 10.9 Å². The summed E-state index contributed by atoms with van der Waals surface area (Å²) in [5.74, 6) is 2.87. The Balaban J connectivity index is 1.87. The van der Waals surface area contributed by atoms with Gasteiger partial charge in [0.05, 0.1) is 5.39 Å². The normalized spacial score (nSPS) is 26.1. The van der Waals surface area contributed by atoms with Crippen molar-refractivity contribution in [2.24, 2.45) is 11.8 Å². The van der Waals surface area contributed by atoms with E-state index in [2.05, 4.69) is 42.1 Å². The maximum Gasteiger partial charge on any atom is 0.223 e. The zero-order chi connectivity index (χ0) is 15.0. The van der Waals surface area contributed by atoms with E-state index in [0.717, 1.165) is 34.3 Å². The fraction of sp³-hybridized carbons (Fsp3) is 0.625. The van der Waals surface area contributed by atoms with E-state index in [1.165, 1.54) is 24.1 Å². The summed E-state index contributed by atoms with van der Waals surface area (Å²) in [6, 6.07) is 2.70. The Morgan fingerprint density at radius 2 is 2.10 bits per heavy atom. The topological polar surface area (TPSA) is 63.8 Å². The summed E-state index contributed by atoms with van der Waals surface area (Å²) in [7, 11) is 0. The Bertz CT molecular complexity index is 636. The van der Waals surface area contributed by atoms with E-state index in [9.17, 15) is 0 Å². The summed E-state index contributed by atoms with van der Waals surface area (Å²) >= 11 is 1.72. The summed E-state index contributed by atoms with van der Waals surface area (Å²) < 4.78 is 0. The van der Waals surface area contributed by atoms with Crippen LogP contribution in [-0.4, -0.2) is 16.0 Å². The van der Waals surface area contributed by atoms with Gasteiger partial charge in [-0.2, -0.15) is 4.98 Å². The van der Waals surface area contributed by atoms with Crippen molar-refractivity contribution in [1.29, 1.82) is 0 Å². The quantitative estimate of drug-likeness (QED) is 0.897. The van der Waals surface area contributed by atoms with Crippen LogP contribution in [0.25, 0.3) is 10.2 Å². The van der Waals surface area contributed by atoms with E-state index < -0.39 is 0 Å². The van der Waals surface area contributed by atoms with Crippen LogP contribution in [0.2, 0.25) is 0 Å². The minimum absolute atomic E-state index is 0.367. The van der Waals surface area contributed by atoms with Crippen molar-refractivity contribution in [3.63, 3.8) is 0 Å². The first-order valence-electron chi connectivity index (χ1n) is 7.89. The molecule has 0 amide bonds. The number of fused-ring (bicyclic) bond motifs is 1. The maximum atomic E-state index is 5.87. The molecule has 2 aromatic rings. The van der Waals surface area contributed by atoms with Gasteiger partial charge < -0.3 is 11.1 Å². The molecule has 21 heavy (non-hydrogen) atoms. The third-order valence-corrected chi connectivity index (χ3v) is 5.92. The number of hydrogen-bond acceptors (Lipinski definition) is 5. The number of hydrogen-bond donors (Lipinski definition) is 2. The zero-order valence-corrected chi connectivity index (χ0v) is 13.8. The largest absolute Gasteiger partial charge is 0.368 e. The molecule has 114 valence electrons. The number of aryl methyl sites for hydroxylation is 1. The number of thiophene rings is 1. The summed E-state index contributed by atoms with van der Waals surface area (Å²) in [5.41, 5.74) is 5.87. The molecule has 0 aromatic carbocycles. The van der Waals surface area contributed by atoms with Crippen LogP contribution in [-0.2, 0) is 6.42 Å². The minimum atomic E-state index is 0.367. The molecule has 5 heteroatoms. The van der Waals surface area contributed by atoms with Crippen molar-refractivity contribution >= 4 is 33.3 Å². The molecule has 3 unspecified atom stereocenters. The van der Waals surface area contributed by atoms with Gasteiger partial charge in [-0.05, 0) is 43.6 Å². The van der Waals surface area contributed by atoms with E-state index in [4.69, 9.17) is 5.73 Å². The number of rotatable bonds is 3. The molecule has 1 fully saturated rings. The van der Waals surface area contributed by atoms with Crippen molar-refractivity contribution in [3.05, 3.63) is 10.9 Å². The maximum absolute atomic E-state index is 5.87. The van der Waals surface area contributed by atoms with Crippen molar-refractivity contribution in [3.8, 4) is 0 Å². The van der Waals surface area contributed by atoms with E-state index in [1.807, 2.05) is 0 Å². The Hall–Kier alpha value is -1.36. The molecule has 1 aliphatic carbocycles. The highest BCUT2D eigenvalue weighted by molar-refractivity contribution is 7.18. The van der Waals surface area contributed by atoms with E-state index in [-0.39, 0.29) is 0 Å². The van der Waals surface area contributed by atoms with Gasteiger partial charge in [0.25, 0.3) is 0 Å². The van der Waals surface area contributed by atoms with Crippen molar-refractivity contribution in [2.45, 2.75) is 52.5 Å². The monoisotopic (exact) mass is 304 g/mol. The van der Waals surface area contributed by atoms with E-state index in [0.29, 0.717) is 12.0 Å². The predicted octanol–water partition coefficient (Wildman–Crippen LogP) is 4.07. The van der Waals surface area contributed by atoms with Gasteiger partial charge in [-0.25, -0.2) is 4.98 Å². The van der Waals surface area contributed by atoms with Crippen molar-refractivity contribution < 1.29 is 0 Å². The Morgan fingerprint density at radius 1 is 1.29 bits per heavy atom. The van der Waals surface area contributed by atoms with E-state index in [1.54, 1.807) is 11.3 Å². The van der Waals surface area contributed by atoms with Gasteiger partial charge in [0.15, 0.2) is 0 Å². The van der Waals surface area contributed by atoms with Gasteiger partial charge in [-0.1, -0.05) is 20.8 Å². The molecule has 2 heterocycles. The highest BCUT2D eigenvalue weighted by Crippen LogP contribution is 2.34. The highest BCUT2D eigenvalue weighted by atomic mass is 32.1. The highest BCUT2D eigenvalue weighted by Gasteiger charge is 2.25. The fourth-order valence-corrected chi connectivity index (χ4v) is 4.12. The third kappa shape index (κ3) is 2.98. The number of nitrogens with one attached hydrogen (secondary N) is 1. The number of anilines is 2. The average molecular weight is 304 g/mol. The van der Waals surface area contributed by atoms with Crippen molar-refractivity contribution in [2.75, 3.05) is 11.1 Å². The van der Waals surface area contributed by atoms with Gasteiger partial charge >= 0.3 is 0 Å². The average Bonchev–Trinajstić information content (AvgIpc) is 2.86. The third-order valence-electron chi connectivity index (χ3n) is 4.75. The summed E-state index contributed by atoms with van der Waals surface area (Å²) in [5, 5.41) is 4.75. The summed E-state index contributed by atoms with van der Waals surface area (Å²) in [6.45, 7) is 6.87. The lowest BCUT2D eigenvalue weighted by Crippen LogP contribution is -2.30. The van der Waals surface area contributed by atoms with Gasteiger partial charge in [0.1, 0.15) is 10.6 Å². The smallest absolute Gasteiger partial charge is 0.223 e. The Morgan fingerprint density at radius 3 is 2.81 bits per heavy atom. The lowest BCUT2D eigenvalue weighted by atomic mass is 9.79. The van der Waals surface area contributed by atoms with Crippen LogP contribution in [0.4, 0.5) is 11.8 Å². The second-order valence-corrected chi connectivity index (χ2v) is 7.44. The SMILES string of the molecule is CCc1cc2c(NC3CCC(C)C(C)C3)nc(N)nc2s1. The van der Waals surface area contributed by atoms with Crippen LogP contribution in [0, 0.1) is 11.8 Å². The van der Waals surface area contributed by atoms with Gasteiger partial charge in [0.2, 0.25) is 5.95 Å². The molecule has 3 atom stereocenters. The molecule has 0 aliphatic heterocycles. The van der Waals surface area contributed by atoms with Gasteiger partial charge in [-0.3, -0.25) is 0 Å². The Kier molecular flexibility index (Phi) is 4.02. The summed E-state index contributed by atoms with van der Waals surface area (Å²) in [6.07, 6.45) is 4.73. The molecule has 2 aromatic heterocycles. The molecule has 0 saturated heterocycles. The first-order chi connectivity index (χ1) is 10.1. The lowest BCUT2D eigenvalue weighted by molar-refractivity contribution is 0.260. The van der Waals surface area contributed by atoms with Crippen molar-refractivity contribution in [1.82, 2.24) is 9.97 Å². The molecule has 1 saturated carbocycles. The number of nitrogens with zero attached hydrogens (tertiary/aromatic N) is 2. The number of aromatic nitrogens is 2.